The van der Waals surface area contributed by atoms with Gasteiger partial charge in [0.05, 0.1) is 21.6 Å². The van der Waals surface area contributed by atoms with Crippen molar-refractivity contribution in [1.29, 1.82) is 0 Å². The Kier molecular flexibility index (Phi) is 5.83. The molecule has 6 aromatic rings. The number of rotatable bonds is 5. The number of halogens is 1. The molecule has 178 valence electrons. The second-order valence-electron chi connectivity index (χ2n) is 8.79. The molecular formula is C31H20ClN3O2. The van der Waals surface area contributed by atoms with Gasteiger partial charge < -0.3 is 4.98 Å². The van der Waals surface area contributed by atoms with Crippen molar-refractivity contribution in [3.8, 4) is 22.4 Å². The van der Waals surface area contributed by atoms with Crippen molar-refractivity contribution in [2.45, 2.75) is 6.42 Å². The summed E-state index contributed by atoms with van der Waals surface area (Å²) in [5.41, 5.74) is 5.12. The van der Waals surface area contributed by atoms with Gasteiger partial charge in [-0.1, -0.05) is 78.3 Å². The zero-order valence-electron chi connectivity index (χ0n) is 19.6. The third kappa shape index (κ3) is 4.30. The molecule has 3 aromatic heterocycles. The molecule has 0 saturated carbocycles. The van der Waals surface area contributed by atoms with Crippen molar-refractivity contribution >= 4 is 39.3 Å². The summed E-state index contributed by atoms with van der Waals surface area (Å²) in [5.74, 6) is -0.117. The third-order valence-electron chi connectivity index (χ3n) is 6.41. The molecule has 37 heavy (non-hydrogen) atoms. The van der Waals surface area contributed by atoms with Crippen LogP contribution in [0.15, 0.2) is 108 Å². The van der Waals surface area contributed by atoms with E-state index < -0.39 is 0 Å². The summed E-state index contributed by atoms with van der Waals surface area (Å²) in [4.78, 5) is 38.8. The SMILES string of the molecule is O=C(Cc1c[nH]c2nc(-c3ccccc3)c(-c3cc(Cl)c4ncccc4c3)cc2c1=O)c1ccccc1. The van der Waals surface area contributed by atoms with Gasteiger partial charge in [-0.15, -0.1) is 0 Å². The highest BCUT2D eigenvalue weighted by Gasteiger charge is 2.17. The Morgan fingerprint density at radius 1 is 0.865 bits per heavy atom. The number of ketones is 1. The highest BCUT2D eigenvalue weighted by molar-refractivity contribution is 6.35. The number of aromatic amines is 1. The first kappa shape index (κ1) is 22.8. The number of nitrogens with zero attached hydrogens (tertiary/aromatic N) is 2. The normalized spacial score (nSPS) is 11.2. The first-order chi connectivity index (χ1) is 18.1. The molecule has 0 fully saturated rings. The highest BCUT2D eigenvalue weighted by Crippen LogP contribution is 2.36. The second kappa shape index (κ2) is 9.45. The van der Waals surface area contributed by atoms with Gasteiger partial charge in [-0.2, -0.15) is 0 Å². The molecule has 0 aliphatic rings. The summed E-state index contributed by atoms with van der Waals surface area (Å²) < 4.78 is 0. The number of benzene rings is 3. The highest BCUT2D eigenvalue weighted by atomic mass is 35.5. The molecule has 0 amide bonds. The summed E-state index contributed by atoms with van der Waals surface area (Å²) in [6.07, 6.45) is 3.29. The van der Waals surface area contributed by atoms with Gasteiger partial charge in [-0.05, 0) is 29.8 Å². The van der Waals surface area contributed by atoms with E-state index in [2.05, 4.69) is 9.97 Å². The molecule has 0 aliphatic carbocycles. The van der Waals surface area contributed by atoms with E-state index in [-0.39, 0.29) is 17.6 Å². The minimum Gasteiger partial charge on any atom is -0.346 e. The van der Waals surface area contributed by atoms with E-state index in [1.54, 1.807) is 24.5 Å². The minimum atomic E-state index is -0.222. The van der Waals surface area contributed by atoms with Crippen LogP contribution in [0.5, 0.6) is 0 Å². The molecule has 0 bridgehead atoms. The molecular weight excluding hydrogens is 482 g/mol. The summed E-state index contributed by atoms with van der Waals surface area (Å²) >= 11 is 6.61. The van der Waals surface area contributed by atoms with E-state index in [1.807, 2.05) is 78.9 Å². The lowest BCUT2D eigenvalue weighted by atomic mass is 9.96. The predicted octanol–water partition coefficient (Wildman–Crippen LogP) is 6.88. The van der Waals surface area contributed by atoms with Crippen molar-refractivity contribution in [2.75, 3.05) is 0 Å². The quantitative estimate of drug-likeness (QED) is 0.261. The third-order valence-corrected chi connectivity index (χ3v) is 6.69. The van der Waals surface area contributed by atoms with Gasteiger partial charge >= 0.3 is 0 Å². The molecule has 0 aliphatic heterocycles. The van der Waals surface area contributed by atoms with Crippen molar-refractivity contribution in [3.05, 3.63) is 130 Å². The number of hydrogen-bond acceptors (Lipinski definition) is 4. The van der Waals surface area contributed by atoms with Gasteiger partial charge in [0.1, 0.15) is 5.65 Å². The molecule has 6 rings (SSSR count). The number of hydrogen-bond donors (Lipinski definition) is 1. The van der Waals surface area contributed by atoms with E-state index >= 15 is 0 Å². The maximum absolute atomic E-state index is 13.6. The molecule has 0 atom stereocenters. The Morgan fingerprint density at radius 2 is 1.62 bits per heavy atom. The second-order valence-corrected chi connectivity index (χ2v) is 9.20. The van der Waals surface area contributed by atoms with Gasteiger partial charge in [0.25, 0.3) is 0 Å². The van der Waals surface area contributed by atoms with E-state index in [4.69, 9.17) is 16.6 Å². The maximum Gasteiger partial charge on any atom is 0.194 e. The molecule has 5 nitrogen and oxygen atoms in total. The Hall–Kier alpha value is -4.61. The zero-order chi connectivity index (χ0) is 25.4. The Morgan fingerprint density at radius 3 is 2.41 bits per heavy atom. The average Bonchev–Trinajstić information content (AvgIpc) is 2.95. The topological polar surface area (TPSA) is 75.7 Å². The number of carbonyl (C=O) groups excluding carboxylic acids is 1. The fourth-order valence-corrected chi connectivity index (χ4v) is 4.84. The van der Waals surface area contributed by atoms with Crippen LogP contribution in [0.4, 0.5) is 0 Å². The number of nitrogens with one attached hydrogen (secondary N) is 1. The van der Waals surface area contributed by atoms with Crippen LogP contribution in [-0.4, -0.2) is 20.7 Å². The maximum atomic E-state index is 13.6. The Bertz CT molecular complexity index is 1850. The van der Waals surface area contributed by atoms with Crippen LogP contribution in [0.1, 0.15) is 15.9 Å². The minimum absolute atomic E-state index is 0.00146. The fraction of sp³-hybridized carbons (Fsp3) is 0.0323. The lowest BCUT2D eigenvalue weighted by molar-refractivity contribution is 0.0992. The van der Waals surface area contributed by atoms with Crippen LogP contribution < -0.4 is 5.43 Å². The summed E-state index contributed by atoms with van der Waals surface area (Å²) in [6.45, 7) is 0. The molecule has 3 heterocycles. The summed E-state index contributed by atoms with van der Waals surface area (Å²) in [6, 6.07) is 28.3. The average molecular weight is 502 g/mol. The van der Waals surface area contributed by atoms with Crippen LogP contribution in [0.25, 0.3) is 44.3 Å². The molecule has 1 N–H and O–H groups in total. The summed E-state index contributed by atoms with van der Waals surface area (Å²) in [7, 11) is 0. The van der Waals surface area contributed by atoms with Crippen molar-refractivity contribution in [2.24, 2.45) is 0 Å². The van der Waals surface area contributed by atoms with E-state index in [1.165, 1.54) is 0 Å². The fourth-order valence-electron chi connectivity index (χ4n) is 4.56. The lowest BCUT2D eigenvalue weighted by Crippen LogP contribution is -2.15. The Labute approximate surface area is 217 Å². The van der Waals surface area contributed by atoms with Crippen LogP contribution in [0.3, 0.4) is 0 Å². The molecule has 6 heteroatoms. The lowest BCUT2D eigenvalue weighted by Gasteiger charge is -2.13. The van der Waals surface area contributed by atoms with Crippen LogP contribution in [-0.2, 0) is 6.42 Å². The first-order valence-corrected chi connectivity index (χ1v) is 12.2. The molecule has 0 spiro atoms. The standard InChI is InChI=1S/C31H20ClN3O2/c32-26-15-22(14-21-12-7-13-33-29(21)26)24-17-25-30(37)23(16-27(36)19-8-3-1-4-9-19)18-34-31(25)35-28(24)20-10-5-2-6-11-20/h1-15,17-18H,16H2,(H,34,35,37). The summed E-state index contributed by atoms with van der Waals surface area (Å²) in [5, 5.41) is 1.82. The van der Waals surface area contributed by atoms with Gasteiger partial charge in [-0.25, -0.2) is 4.98 Å². The number of H-pyrrole nitrogens is 1. The zero-order valence-corrected chi connectivity index (χ0v) is 20.4. The van der Waals surface area contributed by atoms with Gasteiger partial charge in [0, 0.05) is 46.5 Å². The molecule has 0 unspecified atom stereocenters. The predicted molar refractivity (Wildman–Crippen MR) is 148 cm³/mol. The Balaban J connectivity index is 1.55. The van der Waals surface area contributed by atoms with Crippen LogP contribution in [0, 0.1) is 0 Å². The van der Waals surface area contributed by atoms with E-state index in [0.717, 1.165) is 27.8 Å². The van der Waals surface area contributed by atoms with Gasteiger partial charge in [-0.3, -0.25) is 14.6 Å². The van der Waals surface area contributed by atoms with Crippen LogP contribution >= 0.6 is 11.6 Å². The number of pyridine rings is 3. The van der Waals surface area contributed by atoms with Crippen molar-refractivity contribution < 1.29 is 4.79 Å². The molecule has 0 radical (unpaired) electrons. The number of fused-ring (bicyclic) bond motifs is 2. The molecule has 0 saturated heterocycles. The van der Waals surface area contributed by atoms with Crippen molar-refractivity contribution in [3.63, 3.8) is 0 Å². The number of carbonyl (C=O) groups is 1. The van der Waals surface area contributed by atoms with E-state index in [0.29, 0.717) is 32.7 Å². The largest absolute Gasteiger partial charge is 0.346 e. The van der Waals surface area contributed by atoms with Gasteiger partial charge in [0.2, 0.25) is 0 Å². The van der Waals surface area contributed by atoms with E-state index in [9.17, 15) is 9.59 Å². The van der Waals surface area contributed by atoms with Gasteiger partial charge in [0.15, 0.2) is 11.2 Å². The first-order valence-electron chi connectivity index (χ1n) is 11.8. The molecule has 3 aromatic carbocycles. The smallest absolute Gasteiger partial charge is 0.194 e. The van der Waals surface area contributed by atoms with Crippen molar-refractivity contribution in [1.82, 2.24) is 15.0 Å². The van der Waals surface area contributed by atoms with Crippen LogP contribution in [0.2, 0.25) is 5.02 Å². The number of aromatic nitrogens is 3. The number of Topliss-reactive ketones (excluding diaryl/α,β-unsaturated/α-hetero) is 1. The monoisotopic (exact) mass is 501 g/mol.